The van der Waals surface area contributed by atoms with Crippen molar-refractivity contribution in [3.63, 3.8) is 0 Å². The molecule has 0 amide bonds. The van der Waals surface area contributed by atoms with E-state index in [1.54, 1.807) is 6.07 Å². The van der Waals surface area contributed by atoms with Crippen LogP contribution in [0.4, 0.5) is 4.39 Å². The molecule has 0 N–H and O–H groups in total. The minimum Gasteiger partial charge on any atom is -0.494 e. The predicted octanol–water partition coefficient (Wildman–Crippen LogP) is 3.14. The topological polar surface area (TPSA) is 36.3 Å². The molecule has 0 radical (unpaired) electrons. The number of imidazole rings is 1. The number of hydrogen-bond donors (Lipinski definition) is 0. The second-order valence-electron chi connectivity index (χ2n) is 5.19. The second kappa shape index (κ2) is 6.20. The third-order valence-electron chi connectivity index (χ3n) is 3.83. The molecule has 1 aromatic carbocycles. The Morgan fingerprint density at radius 1 is 1.52 bits per heavy atom. The summed E-state index contributed by atoms with van der Waals surface area (Å²) in [5, 5.41) is 0. The molecule has 2 heterocycles. The van der Waals surface area contributed by atoms with Gasteiger partial charge in [-0.05, 0) is 12.8 Å². The first-order valence-electron chi connectivity index (χ1n) is 7.13. The van der Waals surface area contributed by atoms with Crippen molar-refractivity contribution in [2.24, 2.45) is 0 Å². The van der Waals surface area contributed by atoms with Gasteiger partial charge in [0.05, 0.1) is 30.8 Å². The highest BCUT2D eigenvalue weighted by Gasteiger charge is 2.20. The van der Waals surface area contributed by atoms with Gasteiger partial charge in [0.2, 0.25) is 0 Å². The Morgan fingerprint density at radius 2 is 2.38 bits per heavy atom. The molecule has 0 bridgehead atoms. The third kappa shape index (κ3) is 2.85. The van der Waals surface area contributed by atoms with Crippen molar-refractivity contribution in [2.45, 2.75) is 31.9 Å². The van der Waals surface area contributed by atoms with Crippen molar-refractivity contribution in [3.05, 3.63) is 23.8 Å². The third-order valence-corrected chi connectivity index (χ3v) is 4.02. The van der Waals surface area contributed by atoms with Crippen LogP contribution in [0.2, 0.25) is 0 Å². The number of benzene rings is 1. The van der Waals surface area contributed by atoms with Gasteiger partial charge in [-0.25, -0.2) is 9.37 Å². The summed E-state index contributed by atoms with van der Waals surface area (Å²) < 4.78 is 26.7. The van der Waals surface area contributed by atoms with Gasteiger partial charge in [-0.2, -0.15) is 0 Å². The summed E-state index contributed by atoms with van der Waals surface area (Å²) >= 11 is 5.86. The Kier molecular flexibility index (Phi) is 4.31. The highest BCUT2D eigenvalue weighted by molar-refractivity contribution is 6.17. The number of nitrogens with zero attached hydrogens (tertiary/aromatic N) is 2. The highest BCUT2D eigenvalue weighted by Crippen LogP contribution is 2.27. The molecule has 0 saturated carbocycles. The van der Waals surface area contributed by atoms with Crippen molar-refractivity contribution in [3.8, 4) is 5.75 Å². The maximum atomic E-state index is 13.8. The van der Waals surface area contributed by atoms with Gasteiger partial charge >= 0.3 is 0 Å². The van der Waals surface area contributed by atoms with Crippen molar-refractivity contribution < 1.29 is 13.9 Å². The lowest BCUT2D eigenvalue weighted by Gasteiger charge is -2.14. The first kappa shape index (κ1) is 14.6. The average Bonchev–Trinajstić information content (AvgIpc) is 3.08. The summed E-state index contributed by atoms with van der Waals surface area (Å²) in [6, 6.07) is 3.11. The Bertz CT molecular complexity index is 638. The van der Waals surface area contributed by atoms with E-state index < -0.39 is 5.82 Å². The molecule has 1 fully saturated rings. The van der Waals surface area contributed by atoms with E-state index >= 15 is 0 Å². The fourth-order valence-corrected chi connectivity index (χ4v) is 2.97. The summed E-state index contributed by atoms with van der Waals surface area (Å²) in [7, 11) is 1.46. The van der Waals surface area contributed by atoms with Crippen LogP contribution < -0.4 is 4.74 Å². The minimum absolute atomic E-state index is 0.188. The van der Waals surface area contributed by atoms with Crippen LogP contribution in [-0.2, 0) is 17.7 Å². The fraction of sp³-hybridized carbons (Fsp3) is 0.533. The first-order chi connectivity index (χ1) is 10.2. The molecule has 0 aliphatic carbocycles. The summed E-state index contributed by atoms with van der Waals surface area (Å²) in [4.78, 5) is 4.51. The van der Waals surface area contributed by atoms with Crippen LogP contribution in [0.25, 0.3) is 11.0 Å². The number of aromatic nitrogens is 2. The Labute approximate surface area is 127 Å². The van der Waals surface area contributed by atoms with Crippen molar-refractivity contribution >= 4 is 22.6 Å². The molecule has 1 unspecified atom stereocenters. The second-order valence-corrected chi connectivity index (χ2v) is 5.57. The molecular formula is C15H18ClFN2O2. The molecule has 1 saturated heterocycles. The van der Waals surface area contributed by atoms with Gasteiger partial charge in [0.25, 0.3) is 0 Å². The largest absolute Gasteiger partial charge is 0.494 e. The van der Waals surface area contributed by atoms with E-state index in [-0.39, 0.29) is 11.9 Å². The number of ether oxygens (including phenoxy) is 2. The molecule has 1 atom stereocenters. The zero-order chi connectivity index (χ0) is 14.8. The van der Waals surface area contributed by atoms with Crippen LogP contribution in [0.5, 0.6) is 5.75 Å². The van der Waals surface area contributed by atoms with Crippen molar-refractivity contribution in [1.29, 1.82) is 0 Å². The van der Waals surface area contributed by atoms with Crippen molar-refractivity contribution in [2.75, 3.05) is 19.6 Å². The van der Waals surface area contributed by atoms with Crippen LogP contribution >= 0.6 is 11.6 Å². The van der Waals surface area contributed by atoms with Gasteiger partial charge in [0.15, 0.2) is 11.6 Å². The number of fused-ring (bicyclic) bond motifs is 1. The lowest BCUT2D eigenvalue weighted by atomic mass is 10.2. The summed E-state index contributed by atoms with van der Waals surface area (Å²) in [6.07, 6.45) is 2.96. The SMILES string of the molecule is COc1cc2c(cc1F)nc(CCCl)n2CC1CCCO1. The molecule has 1 aliphatic heterocycles. The molecule has 4 nitrogen and oxygen atoms in total. The Balaban J connectivity index is 2.05. The molecule has 3 rings (SSSR count). The molecule has 21 heavy (non-hydrogen) atoms. The van der Waals surface area contributed by atoms with Gasteiger partial charge in [-0.15, -0.1) is 11.6 Å². The van der Waals surface area contributed by atoms with E-state index in [9.17, 15) is 4.39 Å². The summed E-state index contributed by atoms with van der Waals surface area (Å²) in [5.41, 5.74) is 1.50. The smallest absolute Gasteiger partial charge is 0.167 e. The van der Waals surface area contributed by atoms with Gasteiger partial charge < -0.3 is 14.0 Å². The monoisotopic (exact) mass is 312 g/mol. The number of methoxy groups -OCH3 is 1. The van der Waals surface area contributed by atoms with Gasteiger partial charge in [0.1, 0.15) is 5.82 Å². The molecule has 0 spiro atoms. The van der Waals surface area contributed by atoms with E-state index in [1.165, 1.54) is 13.2 Å². The minimum atomic E-state index is -0.399. The number of rotatable bonds is 5. The van der Waals surface area contributed by atoms with Crippen molar-refractivity contribution in [1.82, 2.24) is 9.55 Å². The van der Waals surface area contributed by atoms with E-state index in [4.69, 9.17) is 21.1 Å². The van der Waals surface area contributed by atoms with Crippen LogP contribution in [0, 0.1) is 5.82 Å². The van der Waals surface area contributed by atoms with Gasteiger partial charge in [-0.1, -0.05) is 0 Å². The number of halogens is 2. The lowest BCUT2D eigenvalue weighted by Crippen LogP contribution is -2.17. The number of aryl methyl sites for hydroxylation is 1. The zero-order valence-electron chi connectivity index (χ0n) is 11.9. The predicted molar refractivity (Wildman–Crippen MR) is 79.6 cm³/mol. The van der Waals surface area contributed by atoms with Crippen LogP contribution in [0.1, 0.15) is 18.7 Å². The van der Waals surface area contributed by atoms with E-state index in [0.717, 1.165) is 37.3 Å². The van der Waals surface area contributed by atoms with Gasteiger partial charge in [0, 0.05) is 31.0 Å². The highest BCUT2D eigenvalue weighted by atomic mass is 35.5. The van der Waals surface area contributed by atoms with Crippen LogP contribution in [0.15, 0.2) is 12.1 Å². The maximum absolute atomic E-state index is 13.8. The Morgan fingerprint density at radius 3 is 3.05 bits per heavy atom. The van der Waals surface area contributed by atoms with E-state index in [1.807, 2.05) is 0 Å². The quantitative estimate of drug-likeness (QED) is 0.796. The summed E-state index contributed by atoms with van der Waals surface area (Å²) in [6.45, 7) is 1.53. The zero-order valence-corrected chi connectivity index (χ0v) is 12.7. The molecule has 6 heteroatoms. The first-order valence-corrected chi connectivity index (χ1v) is 7.66. The molecule has 114 valence electrons. The van der Waals surface area contributed by atoms with Gasteiger partial charge in [-0.3, -0.25) is 0 Å². The Hall–Kier alpha value is -1.33. The molecule has 1 aromatic heterocycles. The average molecular weight is 313 g/mol. The molecular weight excluding hydrogens is 295 g/mol. The van der Waals surface area contributed by atoms with Crippen LogP contribution in [-0.4, -0.2) is 35.3 Å². The molecule has 1 aliphatic rings. The fourth-order valence-electron chi connectivity index (χ4n) is 2.80. The number of hydrogen-bond acceptors (Lipinski definition) is 3. The standard InChI is InChI=1S/C15H18ClFN2O2/c1-20-14-8-13-12(7-11(14)17)18-15(4-5-16)19(13)9-10-3-2-6-21-10/h7-8,10H,2-6,9H2,1H3. The summed E-state index contributed by atoms with van der Waals surface area (Å²) in [5.74, 6) is 1.18. The van der Waals surface area contributed by atoms with E-state index in [2.05, 4.69) is 9.55 Å². The number of alkyl halides is 1. The van der Waals surface area contributed by atoms with E-state index in [0.29, 0.717) is 17.8 Å². The normalized spacial score (nSPS) is 18.5. The van der Waals surface area contributed by atoms with Crippen LogP contribution in [0.3, 0.4) is 0 Å². The molecule has 2 aromatic rings. The lowest BCUT2D eigenvalue weighted by molar-refractivity contribution is 0.0972. The maximum Gasteiger partial charge on any atom is 0.167 e.